The van der Waals surface area contributed by atoms with Crippen LogP contribution in [0.15, 0.2) is 48.9 Å². The highest BCUT2D eigenvalue weighted by molar-refractivity contribution is 6.13. The monoisotopic (exact) mass is 358 g/mol. The Morgan fingerprint density at radius 2 is 1.96 bits per heavy atom. The van der Waals surface area contributed by atoms with Crippen molar-refractivity contribution in [3.8, 4) is 11.3 Å². The summed E-state index contributed by atoms with van der Waals surface area (Å²) in [5.41, 5.74) is 10.9. The summed E-state index contributed by atoms with van der Waals surface area (Å²) < 4.78 is 0. The predicted octanol–water partition coefficient (Wildman–Crippen LogP) is 3.45. The summed E-state index contributed by atoms with van der Waals surface area (Å²) in [6.45, 7) is 4.11. The van der Waals surface area contributed by atoms with E-state index in [2.05, 4.69) is 21.8 Å². The maximum atomic E-state index is 8.70. The molecule has 6 nitrogen and oxygen atoms in total. The largest absolute Gasteiger partial charge is 0.397 e. The van der Waals surface area contributed by atoms with Crippen molar-refractivity contribution in [3.63, 3.8) is 0 Å². The normalized spacial score (nSPS) is 13.7. The third kappa shape index (κ3) is 3.38. The van der Waals surface area contributed by atoms with Gasteiger partial charge in [0, 0.05) is 36.6 Å². The smallest absolute Gasteiger partial charge is 0.132 e. The number of hydrogen-bond acceptors (Lipinski definition) is 6. The number of rotatable bonds is 4. The third-order valence-electron chi connectivity index (χ3n) is 4.89. The van der Waals surface area contributed by atoms with E-state index in [1.807, 2.05) is 30.3 Å². The van der Waals surface area contributed by atoms with Crippen molar-refractivity contribution in [1.82, 2.24) is 15.0 Å². The van der Waals surface area contributed by atoms with Crippen LogP contribution < -0.4 is 10.6 Å². The quantitative estimate of drug-likeness (QED) is 0.697. The molecule has 0 unspecified atom stereocenters. The van der Waals surface area contributed by atoms with E-state index < -0.39 is 0 Å². The van der Waals surface area contributed by atoms with Gasteiger partial charge >= 0.3 is 0 Å². The molecule has 0 atom stereocenters. The summed E-state index contributed by atoms with van der Waals surface area (Å²) in [6.07, 6.45) is 7.45. The van der Waals surface area contributed by atoms with E-state index in [1.54, 1.807) is 18.6 Å². The van der Waals surface area contributed by atoms with Gasteiger partial charge in [-0.2, -0.15) is 0 Å². The molecule has 27 heavy (non-hydrogen) atoms. The van der Waals surface area contributed by atoms with Crippen LogP contribution in [0.3, 0.4) is 0 Å². The first-order valence-electron chi connectivity index (χ1n) is 9.11. The zero-order valence-electron chi connectivity index (χ0n) is 15.3. The number of hydrogen-bond donors (Lipinski definition) is 2. The molecule has 0 aromatic carbocycles. The molecule has 1 fully saturated rings. The second-order valence-electron chi connectivity index (χ2n) is 6.80. The second-order valence-corrected chi connectivity index (χ2v) is 6.80. The average Bonchev–Trinajstić information content (AvgIpc) is 3.23. The molecule has 3 aromatic heterocycles. The van der Waals surface area contributed by atoms with Gasteiger partial charge in [0.1, 0.15) is 5.82 Å². The molecular weight excluding hydrogens is 336 g/mol. The topological polar surface area (TPSA) is 91.8 Å². The highest BCUT2D eigenvalue weighted by Crippen LogP contribution is 2.25. The fourth-order valence-corrected chi connectivity index (χ4v) is 3.40. The average molecular weight is 358 g/mol. The minimum absolute atomic E-state index is 0.306. The van der Waals surface area contributed by atoms with Gasteiger partial charge in [0.2, 0.25) is 0 Å². The van der Waals surface area contributed by atoms with E-state index in [0.29, 0.717) is 22.7 Å². The summed E-state index contributed by atoms with van der Waals surface area (Å²) in [7, 11) is 0. The van der Waals surface area contributed by atoms with Gasteiger partial charge in [-0.1, -0.05) is 6.07 Å². The third-order valence-corrected chi connectivity index (χ3v) is 4.89. The zero-order valence-corrected chi connectivity index (χ0v) is 15.3. The number of nitrogens with two attached hydrogens (primary N) is 1. The molecule has 1 aliphatic heterocycles. The lowest BCUT2D eigenvalue weighted by Crippen LogP contribution is -2.21. The molecule has 0 radical (unpaired) electrons. The van der Waals surface area contributed by atoms with Crippen molar-refractivity contribution < 1.29 is 0 Å². The maximum Gasteiger partial charge on any atom is 0.132 e. The van der Waals surface area contributed by atoms with Gasteiger partial charge in [-0.05, 0) is 49.6 Å². The minimum atomic E-state index is 0.306. The summed E-state index contributed by atoms with van der Waals surface area (Å²) >= 11 is 0. The van der Waals surface area contributed by atoms with Crippen molar-refractivity contribution in [2.75, 3.05) is 23.7 Å². The van der Waals surface area contributed by atoms with Crippen LogP contribution in [0.25, 0.3) is 11.3 Å². The number of anilines is 2. The molecule has 3 N–H and O–H groups in total. The van der Waals surface area contributed by atoms with Crippen LogP contribution in [0.4, 0.5) is 11.5 Å². The first-order chi connectivity index (χ1) is 13.1. The molecular formula is C21H22N6. The van der Waals surface area contributed by atoms with Crippen molar-refractivity contribution in [2.24, 2.45) is 0 Å². The van der Waals surface area contributed by atoms with Gasteiger partial charge in [0.05, 0.1) is 29.0 Å². The highest BCUT2D eigenvalue weighted by atomic mass is 15.2. The molecule has 0 spiro atoms. The van der Waals surface area contributed by atoms with Gasteiger partial charge in [0.25, 0.3) is 0 Å². The van der Waals surface area contributed by atoms with Crippen molar-refractivity contribution in [3.05, 3.63) is 65.7 Å². The van der Waals surface area contributed by atoms with E-state index in [9.17, 15) is 0 Å². The van der Waals surface area contributed by atoms with Gasteiger partial charge in [-0.15, -0.1) is 0 Å². The van der Waals surface area contributed by atoms with E-state index in [4.69, 9.17) is 16.1 Å². The molecule has 1 aliphatic rings. The van der Waals surface area contributed by atoms with E-state index in [0.717, 1.165) is 35.7 Å². The lowest BCUT2D eigenvalue weighted by Gasteiger charge is -2.20. The molecule has 6 heteroatoms. The van der Waals surface area contributed by atoms with E-state index in [1.165, 1.54) is 12.8 Å². The van der Waals surface area contributed by atoms with E-state index in [-0.39, 0.29) is 0 Å². The Kier molecular flexibility index (Phi) is 4.54. The molecule has 0 bridgehead atoms. The Bertz CT molecular complexity index is 977. The Labute approximate surface area is 158 Å². The molecule has 0 aliphatic carbocycles. The van der Waals surface area contributed by atoms with Crippen LogP contribution >= 0.6 is 0 Å². The summed E-state index contributed by atoms with van der Waals surface area (Å²) in [6, 6.07) is 9.56. The molecule has 0 amide bonds. The molecule has 3 aromatic rings. The number of pyridine rings is 3. The van der Waals surface area contributed by atoms with Crippen LogP contribution in [-0.2, 0) is 0 Å². The highest BCUT2D eigenvalue weighted by Gasteiger charge is 2.18. The number of aromatic nitrogens is 3. The number of nitrogens with one attached hydrogen (secondary N) is 1. The predicted molar refractivity (Wildman–Crippen MR) is 108 cm³/mol. The van der Waals surface area contributed by atoms with Crippen LogP contribution in [0.1, 0.15) is 29.7 Å². The molecule has 136 valence electrons. The fraction of sp³-hybridized carbons (Fsp3) is 0.238. The Balaban J connectivity index is 1.72. The first kappa shape index (κ1) is 17.1. The summed E-state index contributed by atoms with van der Waals surface area (Å²) in [5, 5.41) is 8.70. The summed E-state index contributed by atoms with van der Waals surface area (Å²) in [5.74, 6) is 0.967. The molecule has 4 rings (SSSR count). The lowest BCUT2D eigenvalue weighted by molar-refractivity contribution is 0.926. The fourth-order valence-electron chi connectivity index (χ4n) is 3.40. The minimum Gasteiger partial charge on any atom is -0.397 e. The van der Waals surface area contributed by atoms with Gasteiger partial charge in [0.15, 0.2) is 0 Å². The van der Waals surface area contributed by atoms with Crippen LogP contribution in [0, 0.1) is 12.3 Å². The standard InChI is InChI=1S/C21H22N6/c1-14-6-7-18(26-21(14)27-9-2-3-10-27)20(23)16-11-19(25-13-17(16)22)15-5-4-8-24-12-15/h4-8,11-13,23H,2-3,9-10,22H2,1H3. The Hall–Kier alpha value is -3.28. The molecule has 4 heterocycles. The lowest BCUT2D eigenvalue weighted by atomic mass is 10.0. The molecule has 0 saturated carbocycles. The van der Waals surface area contributed by atoms with Crippen molar-refractivity contribution in [1.29, 1.82) is 5.41 Å². The van der Waals surface area contributed by atoms with Crippen LogP contribution in [0.2, 0.25) is 0 Å². The number of aryl methyl sites for hydroxylation is 1. The Morgan fingerprint density at radius 3 is 2.70 bits per heavy atom. The van der Waals surface area contributed by atoms with Crippen molar-refractivity contribution in [2.45, 2.75) is 19.8 Å². The van der Waals surface area contributed by atoms with E-state index >= 15 is 0 Å². The van der Waals surface area contributed by atoms with Crippen molar-refractivity contribution >= 4 is 17.2 Å². The van der Waals surface area contributed by atoms with Crippen LogP contribution in [-0.4, -0.2) is 33.8 Å². The number of nitrogen functional groups attached to an aromatic ring is 1. The van der Waals surface area contributed by atoms with Gasteiger partial charge in [-0.25, -0.2) is 4.98 Å². The maximum absolute atomic E-state index is 8.70. The zero-order chi connectivity index (χ0) is 18.8. The Morgan fingerprint density at radius 1 is 1.15 bits per heavy atom. The van der Waals surface area contributed by atoms with Gasteiger partial charge in [-0.3, -0.25) is 15.4 Å². The molecule has 1 saturated heterocycles. The second kappa shape index (κ2) is 7.15. The summed E-state index contributed by atoms with van der Waals surface area (Å²) in [4.78, 5) is 15.6. The SMILES string of the molecule is Cc1ccc(C(=N)c2cc(-c3cccnc3)ncc2N)nc1N1CCCC1. The first-order valence-corrected chi connectivity index (χ1v) is 9.11. The number of nitrogens with zero attached hydrogens (tertiary/aromatic N) is 4. The van der Waals surface area contributed by atoms with Crippen LogP contribution in [0.5, 0.6) is 0 Å². The van der Waals surface area contributed by atoms with Gasteiger partial charge < -0.3 is 10.6 Å².